The summed E-state index contributed by atoms with van der Waals surface area (Å²) in [5, 5.41) is 3.59. The zero-order chi connectivity index (χ0) is 14.2. The van der Waals surface area contributed by atoms with Gasteiger partial charge in [0.05, 0.1) is 0 Å². The molecule has 1 saturated carbocycles. The summed E-state index contributed by atoms with van der Waals surface area (Å²) in [5.74, 6) is 2.02. The fraction of sp³-hybridized carbons (Fsp3) is 0.786. The van der Waals surface area contributed by atoms with Gasteiger partial charge in [-0.15, -0.1) is 0 Å². The molecule has 0 amide bonds. The van der Waals surface area contributed by atoms with Crippen LogP contribution in [0.5, 0.6) is 0 Å². The number of nitrogens with one attached hydrogen (secondary N) is 1. The highest BCUT2D eigenvalue weighted by Crippen LogP contribution is 2.51. The summed E-state index contributed by atoms with van der Waals surface area (Å²) < 4.78 is 0. The number of rotatable bonds is 4. The van der Waals surface area contributed by atoms with Crippen LogP contribution in [0.4, 0.5) is 11.9 Å². The Kier molecular flexibility index (Phi) is 3.71. The lowest BCUT2D eigenvalue weighted by Crippen LogP contribution is -2.31. The van der Waals surface area contributed by atoms with Crippen molar-refractivity contribution in [3.05, 3.63) is 5.28 Å². The topological polar surface area (TPSA) is 53.9 Å². The van der Waals surface area contributed by atoms with E-state index in [-0.39, 0.29) is 5.28 Å². The highest BCUT2D eigenvalue weighted by Gasteiger charge is 2.45. The number of aromatic nitrogens is 3. The van der Waals surface area contributed by atoms with E-state index in [0.717, 1.165) is 19.6 Å². The van der Waals surface area contributed by atoms with Gasteiger partial charge in [-0.3, -0.25) is 0 Å². The van der Waals surface area contributed by atoms with E-state index < -0.39 is 0 Å². The Morgan fingerprint density at radius 1 is 1.20 bits per heavy atom. The summed E-state index contributed by atoms with van der Waals surface area (Å²) in [6.45, 7) is 7.51. The summed E-state index contributed by atoms with van der Waals surface area (Å²) in [4.78, 5) is 15.2. The van der Waals surface area contributed by atoms with E-state index >= 15 is 0 Å². The normalized spacial score (nSPS) is 24.6. The van der Waals surface area contributed by atoms with Crippen molar-refractivity contribution in [2.75, 3.05) is 29.9 Å². The summed E-state index contributed by atoms with van der Waals surface area (Å²) in [5.41, 5.74) is 0.458. The number of nitrogens with zero attached hydrogens (tertiary/aromatic N) is 4. The third-order valence-corrected chi connectivity index (χ3v) is 4.63. The Bertz CT molecular complexity index is 484. The van der Waals surface area contributed by atoms with Crippen LogP contribution in [-0.4, -0.2) is 34.6 Å². The molecule has 6 heteroatoms. The predicted octanol–water partition coefficient (Wildman–Crippen LogP) is 2.97. The molecule has 2 aliphatic rings. The minimum absolute atomic E-state index is 0.276. The first-order valence-corrected chi connectivity index (χ1v) is 7.83. The van der Waals surface area contributed by atoms with E-state index in [4.69, 9.17) is 11.6 Å². The van der Waals surface area contributed by atoms with Gasteiger partial charge in [-0.2, -0.15) is 15.0 Å². The smallest absolute Gasteiger partial charge is 0.231 e. The molecule has 110 valence electrons. The predicted molar refractivity (Wildman–Crippen MR) is 81.3 cm³/mol. The van der Waals surface area contributed by atoms with Crippen molar-refractivity contribution < 1.29 is 0 Å². The van der Waals surface area contributed by atoms with Gasteiger partial charge in [-0.25, -0.2) is 0 Å². The average molecular weight is 296 g/mol. The molecule has 0 bridgehead atoms. The molecule has 5 nitrogen and oxygen atoms in total. The summed E-state index contributed by atoms with van der Waals surface area (Å²) in [6.07, 6.45) is 4.94. The van der Waals surface area contributed by atoms with Gasteiger partial charge >= 0.3 is 0 Å². The molecule has 1 aliphatic heterocycles. The number of piperidine rings is 1. The molecule has 1 atom stereocenters. The standard InChI is InChI=1S/C14H22ClN5/c1-14(2)8-10(14)9-16-12-17-11(15)18-13(19-12)20-6-4-3-5-7-20/h10H,3-9H2,1-2H3,(H,16,17,18,19). The molecule has 1 N–H and O–H groups in total. The van der Waals surface area contributed by atoms with Crippen LogP contribution < -0.4 is 10.2 Å². The number of hydrogen-bond donors (Lipinski definition) is 1. The van der Waals surface area contributed by atoms with E-state index in [9.17, 15) is 0 Å². The van der Waals surface area contributed by atoms with Crippen molar-refractivity contribution in [2.45, 2.75) is 39.5 Å². The van der Waals surface area contributed by atoms with E-state index in [0.29, 0.717) is 23.2 Å². The summed E-state index contributed by atoms with van der Waals surface area (Å²) in [6, 6.07) is 0. The van der Waals surface area contributed by atoms with Gasteiger partial charge in [-0.05, 0) is 48.6 Å². The maximum atomic E-state index is 6.03. The lowest BCUT2D eigenvalue weighted by Gasteiger charge is -2.26. The van der Waals surface area contributed by atoms with Crippen molar-refractivity contribution in [1.82, 2.24) is 15.0 Å². The van der Waals surface area contributed by atoms with Crippen LogP contribution in [0, 0.1) is 11.3 Å². The Morgan fingerprint density at radius 3 is 2.55 bits per heavy atom. The van der Waals surface area contributed by atoms with Gasteiger partial charge in [0.15, 0.2) is 0 Å². The second-order valence-electron chi connectivity index (χ2n) is 6.55. The van der Waals surface area contributed by atoms with Gasteiger partial charge in [0.1, 0.15) is 0 Å². The molecular formula is C14H22ClN5. The van der Waals surface area contributed by atoms with Crippen LogP contribution in [0.15, 0.2) is 0 Å². The van der Waals surface area contributed by atoms with E-state index in [2.05, 4.69) is 39.0 Å². The van der Waals surface area contributed by atoms with Crippen molar-refractivity contribution in [3.63, 3.8) is 0 Å². The highest BCUT2D eigenvalue weighted by atomic mass is 35.5. The maximum absolute atomic E-state index is 6.03. The fourth-order valence-corrected chi connectivity index (χ4v) is 2.95. The van der Waals surface area contributed by atoms with Crippen molar-refractivity contribution in [1.29, 1.82) is 0 Å². The Balaban J connectivity index is 1.66. The van der Waals surface area contributed by atoms with E-state index in [1.165, 1.54) is 25.7 Å². The molecule has 1 aromatic rings. The number of anilines is 2. The first-order valence-electron chi connectivity index (χ1n) is 7.45. The molecule has 20 heavy (non-hydrogen) atoms. The first-order chi connectivity index (χ1) is 9.54. The van der Waals surface area contributed by atoms with Crippen LogP contribution in [0.25, 0.3) is 0 Å². The zero-order valence-electron chi connectivity index (χ0n) is 12.2. The molecule has 2 fully saturated rings. The van der Waals surface area contributed by atoms with Gasteiger partial charge in [-0.1, -0.05) is 13.8 Å². The average Bonchev–Trinajstić information content (AvgIpc) is 3.04. The van der Waals surface area contributed by atoms with Crippen LogP contribution in [0.1, 0.15) is 39.5 Å². The lowest BCUT2D eigenvalue weighted by molar-refractivity contribution is 0.565. The molecule has 1 aromatic heterocycles. The van der Waals surface area contributed by atoms with Gasteiger partial charge in [0.2, 0.25) is 17.2 Å². The molecule has 1 unspecified atom stereocenters. The van der Waals surface area contributed by atoms with Crippen molar-refractivity contribution in [3.8, 4) is 0 Å². The molecule has 3 rings (SSSR count). The second kappa shape index (κ2) is 5.35. The van der Waals surface area contributed by atoms with Crippen molar-refractivity contribution >= 4 is 23.5 Å². The first kappa shape index (κ1) is 13.9. The molecule has 0 spiro atoms. The quantitative estimate of drug-likeness (QED) is 0.925. The van der Waals surface area contributed by atoms with Gasteiger partial charge in [0.25, 0.3) is 0 Å². The second-order valence-corrected chi connectivity index (χ2v) is 6.88. The van der Waals surface area contributed by atoms with Crippen LogP contribution >= 0.6 is 11.6 Å². The highest BCUT2D eigenvalue weighted by molar-refractivity contribution is 6.28. The van der Waals surface area contributed by atoms with Gasteiger partial charge in [0, 0.05) is 19.6 Å². The maximum Gasteiger partial charge on any atom is 0.231 e. The Hall–Kier alpha value is -1.10. The van der Waals surface area contributed by atoms with Gasteiger partial charge < -0.3 is 10.2 Å². The van der Waals surface area contributed by atoms with Crippen LogP contribution in [-0.2, 0) is 0 Å². The summed E-state index contributed by atoms with van der Waals surface area (Å²) >= 11 is 6.03. The SMILES string of the molecule is CC1(C)CC1CNc1nc(Cl)nc(N2CCCCC2)n1. The number of hydrogen-bond acceptors (Lipinski definition) is 5. The number of halogens is 1. The molecular weight excluding hydrogens is 274 g/mol. The Labute approximate surface area is 125 Å². The van der Waals surface area contributed by atoms with Crippen LogP contribution in [0.3, 0.4) is 0 Å². The lowest BCUT2D eigenvalue weighted by atomic mass is 10.1. The zero-order valence-corrected chi connectivity index (χ0v) is 12.9. The fourth-order valence-electron chi connectivity index (χ4n) is 2.79. The third kappa shape index (κ3) is 3.14. The molecule has 1 aliphatic carbocycles. The van der Waals surface area contributed by atoms with Crippen LogP contribution in [0.2, 0.25) is 5.28 Å². The minimum atomic E-state index is 0.276. The molecule has 2 heterocycles. The van der Waals surface area contributed by atoms with Crippen molar-refractivity contribution in [2.24, 2.45) is 11.3 Å². The molecule has 0 aromatic carbocycles. The minimum Gasteiger partial charge on any atom is -0.354 e. The molecule has 0 radical (unpaired) electrons. The monoisotopic (exact) mass is 295 g/mol. The largest absolute Gasteiger partial charge is 0.354 e. The van der Waals surface area contributed by atoms with E-state index in [1.54, 1.807) is 0 Å². The molecule has 1 saturated heterocycles. The third-order valence-electron chi connectivity index (χ3n) is 4.46. The Morgan fingerprint density at radius 2 is 1.90 bits per heavy atom. The summed E-state index contributed by atoms with van der Waals surface area (Å²) in [7, 11) is 0. The van der Waals surface area contributed by atoms with E-state index in [1.807, 2.05) is 0 Å².